The number of ether oxygens (including phenoxy) is 2. The van der Waals surface area contributed by atoms with Gasteiger partial charge < -0.3 is 14.4 Å². The van der Waals surface area contributed by atoms with Crippen molar-refractivity contribution in [1.82, 2.24) is 4.90 Å². The number of rotatable bonds is 4. The average Bonchev–Trinajstić information content (AvgIpc) is 2.41. The highest BCUT2D eigenvalue weighted by Crippen LogP contribution is 2.30. The molecule has 2 rings (SSSR count). The van der Waals surface area contributed by atoms with Crippen LogP contribution < -0.4 is 9.47 Å². The van der Waals surface area contributed by atoms with E-state index in [0.29, 0.717) is 17.1 Å². The Morgan fingerprint density at radius 3 is 2.61 bits per heavy atom. The van der Waals surface area contributed by atoms with Gasteiger partial charge in [0.05, 0.1) is 7.11 Å². The summed E-state index contributed by atoms with van der Waals surface area (Å²) < 4.78 is 11.2. The second-order valence-corrected chi connectivity index (χ2v) is 4.65. The van der Waals surface area contributed by atoms with Crippen LogP contribution in [0.1, 0.15) is 23.2 Å². The summed E-state index contributed by atoms with van der Waals surface area (Å²) in [5, 5.41) is 0. The molecule has 0 atom stereocenters. The van der Waals surface area contributed by atoms with Crippen molar-refractivity contribution in [3.05, 3.63) is 23.8 Å². The molecule has 1 aromatic rings. The first-order valence-corrected chi connectivity index (χ1v) is 6.21. The summed E-state index contributed by atoms with van der Waals surface area (Å²) in [6, 6.07) is 5.24. The molecule has 0 saturated carbocycles. The maximum Gasteiger partial charge on any atom is 0.162 e. The van der Waals surface area contributed by atoms with E-state index in [-0.39, 0.29) is 6.10 Å². The van der Waals surface area contributed by atoms with Crippen molar-refractivity contribution in [2.75, 3.05) is 27.2 Å². The lowest BCUT2D eigenvalue weighted by molar-refractivity contribution is 0.109. The number of carbonyl (C=O) groups is 1. The molecule has 98 valence electrons. The molecule has 1 aliphatic rings. The molecule has 0 spiro atoms. The van der Waals surface area contributed by atoms with Gasteiger partial charge in [-0.05, 0) is 38.1 Å². The Balaban J connectivity index is 2.09. The molecule has 1 aliphatic heterocycles. The van der Waals surface area contributed by atoms with Crippen LogP contribution in [0.25, 0.3) is 0 Å². The molecule has 0 amide bonds. The highest BCUT2D eigenvalue weighted by molar-refractivity contribution is 5.76. The fourth-order valence-electron chi connectivity index (χ4n) is 2.14. The first kappa shape index (κ1) is 12.9. The Morgan fingerprint density at radius 2 is 2.00 bits per heavy atom. The summed E-state index contributed by atoms with van der Waals surface area (Å²) in [7, 11) is 3.72. The van der Waals surface area contributed by atoms with Gasteiger partial charge in [-0.3, -0.25) is 4.79 Å². The number of hydrogen-bond acceptors (Lipinski definition) is 4. The lowest BCUT2D eigenvalue weighted by atomic mass is 10.1. The first-order chi connectivity index (χ1) is 8.72. The summed E-state index contributed by atoms with van der Waals surface area (Å²) >= 11 is 0. The summed E-state index contributed by atoms with van der Waals surface area (Å²) in [4.78, 5) is 13.1. The molecule has 0 bridgehead atoms. The topological polar surface area (TPSA) is 38.8 Å². The Kier molecular flexibility index (Phi) is 4.20. The summed E-state index contributed by atoms with van der Waals surface area (Å²) in [6.07, 6.45) is 3.04. The first-order valence-electron chi connectivity index (χ1n) is 6.21. The van der Waals surface area contributed by atoms with Crippen molar-refractivity contribution in [1.29, 1.82) is 0 Å². The molecule has 4 heteroatoms. The molecule has 0 N–H and O–H groups in total. The highest BCUT2D eigenvalue weighted by Gasteiger charge is 2.19. The molecule has 1 saturated heterocycles. The van der Waals surface area contributed by atoms with E-state index in [1.165, 1.54) is 0 Å². The molecular formula is C14H19NO3. The number of benzene rings is 1. The van der Waals surface area contributed by atoms with E-state index in [0.717, 1.165) is 32.2 Å². The van der Waals surface area contributed by atoms with Crippen LogP contribution >= 0.6 is 0 Å². The van der Waals surface area contributed by atoms with Gasteiger partial charge >= 0.3 is 0 Å². The number of nitrogens with zero attached hydrogens (tertiary/aromatic N) is 1. The van der Waals surface area contributed by atoms with Gasteiger partial charge in [0.15, 0.2) is 11.5 Å². The standard InChI is InChI=1S/C14H19NO3/c1-15-7-5-12(6-8-15)18-14-9-11(10-16)3-4-13(14)17-2/h3-4,9-10,12H,5-8H2,1-2H3. The van der Waals surface area contributed by atoms with Crippen LogP contribution in [-0.2, 0) is 0 Å². The van der Waals surface area contributed by atoms with E-state index in [9.17, 15) is 4.79 Å². The predicted molar refractivity (Wildman–Crippen MR) is 69.5 cm³/mol. The molecule has 0 aliphatic carbocycles. The van der Waals surface area contributed by atoms with E-state index in [1.54, 1.807) is 25.3 Å². The van der Waals surface area contributed by atoms with E-state index in [2.05, 4.69) is 11.9 Å². The largest absolute Gasteiger partial charge is 0.493 e. The zero-order valence-corrected chi connectivity index (χ0v) is 10.9. The van der Waals surface area contributed by atoms with Gasteiger partial charge in [-0.25, -0.2) is 0 Å². The van der Waals surface area contributed by atoms with Crippen LogP contribution in [0.2, 0.25) is 0 Å². The molecule has 0 unspecified atom stereocenters. The highest BCUT2D eigenvalue weighted by atomic mass is 16.5. The lowest BCUT2D eigenvalue weighted by Crippen LogP contribution is -2.35. The fourth-order valence-corrected chi connectivity index (χ4v) is 2.14. The molecule has 18 heavy (non-hydrogen) atoms. The van der Waals surface area contributed by atoms with Crippen LogP contribution in [0.5, 0.6) is 11.5 Å². The SMILES string of the molecule is COc1ccc(C=O)cc1OC1CCN(C)CC1. The summed E-state index contributed by atoms with van der Waals surface area (Å²) in [5.74, 6) is 1.34. The van der Waals surface area contributed by atoms with E-state index < -0.39 is 0 Å². The maximum atomic E-state index is 10.8. The lowest BCUT2D eigenvalue weighted by Gasteiger charge is -2.29. The number of hydrogen-bond donors (Lipinski definition) is 0. The van der Waals surface area contributed by atoms with Crippen LogP contribution in [0.15, 0.2) is 18.2 Å². The minimum atomic E-state index is 0.206. The third-order valence-corrected chi connectivity index (χ3v) is 3.28. The van der Waals surface area contributed by atoms with Crippen LogP contribution in [-0.4, -0.2) is 44.5 Å². The van der Waals surface area contributed by atoms with E-state index in [1.807, 2.05) is 0 Å². The smallest absolute Gasteiger partial charge is 0.162 e. The second kappa shape index (κ2) is 5.87. The molecule has 1 aromatic carbocycles. The Labute approximate surface area is 107 Å². The van der Waals surface area contributed by atoms with E-state index >= 15 is 0 Å². The van der Waals surface area contributed by atoms with E-state index in [4.69, 9.17) is 9.47 Å². The van der Waals surface area contributed by atoms with Crippen molar-refractivity contribution in [3.63, 3.8) is 0 Å². The van der Waals surface area contributed by atoms with Gasteiger partial charge in [0.1, 0.15) is 12.4 Å². The average molecular weight is 249 g/mol. The molecule has 1 fully saturated rings. The summed E-state index contributed by atoms with van der Waals surface area (Å²) in [5.41, 5.74) is 0.610. The maximum absolute atomic E-state index is 10.8. The number of carbonyl (C=O) groups excluding carboxylic acids is 1. The van der Waals surface area contributed by atoms with Gasteiger partial charge in [-0.15, -0.1) is 0 Å². The van der Waals surface area contributed by atoms with Crippen LogP contribution in [0.4, 0.5) is 0 Å². The normalized spacial score (nSPS) is 17.4. The van der Waals surface area contributed by atoms with Gasteiger partial charge in [-0.2, -0.15) is 0 Å². The second-order valence-electron chi connectivity index (χ2n) is 4.65. The predicted octanol–water partition coefficient (Wildman–Crippen LogP) is 1.98. The fraction of sp³-hybridized carbons (Fsp3) is 0.500. The Morgan fingerprint density at radius 1 is 1.28 bits per heavy atom. The zero-order chi connectivity index (χ0) is 13.0. The van der Waals surface area contributed by atoms with Crippen molar-refractivity contribution in [3.8, 4) is 11.5 Å². The molecule has 4 nitrogen and oxygen atoms in total. The van der Waals surface area contributed by atoms with Crippen molar-refractivity contribution in [2.45, 2.75) is 18.9 Å². The molecular weight excluding hydrogens is 230 g/mol. The van der Waals surface area contributed by atoms with Gasteiger partial charge in [0.2, 0.25) is 0 Å². The van der Waals surface area contributed by atoms with Crippen molar-refractivity contribution >= 4 is 6.29 Å². The van der Waals surface area contributed by atoms with Crippen molar-refractivity contribution < 1.29 is 14.3 Å². The molecule has 0 aromatic heterocycles. The van der Waals surface area contributed by atoms with Gasteiger partial charge in [0, 0.05) is 18.7 Å². The van der Waals surface area contributed by atoms with Crippen LogP contribution in [0, 0.1) is 0 Å². The summed E-state index contributed by atoms with van der Waals surface area (Å²) in [6.45, 7) is 2.08. The quantitative estimate of drug-likeness (QED) is 0.765. The minimum Gasteiger partial charge on any atom is -0.493 e. The molecule has 0 radical (unpaired) electrons. The third kappa shape index (κ3) is 3.01. The van der Waals surface area contributed by atoms with Crippen LogP contribution in [0.3, 0.4) is 0 Å². The number of piperidine rings is 1. The third-order valence-electron chi connectivity index (χ3n) is 3.28. The minimum absolute atomic E-state index is 0.206. The number of methoxy groups -OCH3 is 1. The zero-order valence-electron chi connectivity index (χ0n) is 10.9. The molecule has 1 heterocycles. The van der Waals surface area contributed by atoms with Gasteiger partial charge in [-0.1, -0.05) is 0 Å². The van der Waals surface area contributed by atoms with Gasteiger partial charge in [0.25, 0.3) is 0 Å². The number of aldehydes is 1. The van der Waals surface area contributed by atoms with Crippen molar-refractivity contribution in [2.24, 2.45) is 0 Å². The Bertz CT molecular complexity index is 412. The Hall–Kier alpha value is -1.55. The monoisotopic (exact) mass is 249 g/mol. The number of likely N-dealkylation sites (tertiary alicyclic amines) is 1.